The van der Waals surface area contributed by atoms with Gasteiger partial charge in [-0.25, -0.2) is 0 Å². The summed E-state index contributed by atoms with van der Waals surface area (Å²) in [5, 5.41) is 10.9. The van der Waals surface area contributed by atoms with Crippen LogP contribution in [-0.2, 0) is 4.74 Å². The molecule has 144 valence electrons. The van der Waals surface area contributed by atoms with Crippen LogP contribution in [-0.4, -0.2) is 23.9 Å². The van der Waals surface area contributed by atoms with Crippen molar-refractivity contribution in [3.05, 3.63) is 11.6 Å². The molecule has 4 rings (SSSR count). The lowest BCUT2D eigenvalue weighted by atomic mass is 9.47. The maximum absolute atomic E-state index is 10.9. The number of ether oxygens (including phenoxy) is 1. The van der Waals surface area contributed by atoms with Gasteiger partial charge in [0.25, 0.3) is 0 Å². The van der Waals surface area contributed by atoms with Gasteiger partial charge in [0.2, 0.25) is 0 Å². The predicted molar refractivity (Wildman–Crippen MR) is 105 cm³/mol. The third-order valence-electron chi connectivity index (χ3n) is 9.36. The third kappa shape index (κ3) is 2.46. The van der Waals surface area contributed by atoms with Crippen molar-refractivity contribution >= 4 is 0 Å². The number of allylic oxidation sites excluding steroid dienone is 1. The predicted octanol–water partition coefficient (Wildman–Crippen LogP) is 4.96. The summed E-state index contributed by atoms with van der Waals surface area (Å²) >= 11 is 0. The molecule has 0 radical (unpaired) electrons. The quantitative estimate of drug-likeness (QED) is 0.559. The van der Waals surface area contributed by atoms with Crippen LogP contribution in [0.2, 0.25) is 0 Å². The highest BCUT2D eigenvalue weighted by Gasteiger charge is 2.61. The van der Waals surface area contributed by atoms with Gasteiger partial charge in [0.15, 0.2) is 0 Å². The molecule has 0 bridgehead atoms. The Hall–Kier alpha value is -0.780. The molecule has 4 aliphatic carbocycles. The second-order valence-electron chi connectivity index (χ2n) is 10.3. The van der Waals surface area contributed by atoms with Crippen LogP contribution < -0.4 is 0 Å². The molecule has 0 spiro atoms. The Morgan fingerprint density at radius 2 is 1.96 bits per heavy atom. The molecule has 0 aromatic rings. The first-order valence-electron chi connectivity index (χ1n) is 10.7. The molecular formula is C24H36O2. The first kappa shape index (κ1) is 18.6. The highest BCUT2D eigenvalue weighted by Crippen LogP contribution is 2.67. The summed E-state index contributed by atoms with van der Waals surface area (Å²) in [4.78, 5) is 0. The summed E-state index contributed by atoms with van der Waals surface area (Å²) in [6.45, 7) is 6.83. The Morgan fingerprint density at radius 1 is 1.19 bits per heavy atom. The summed E-state index contributed by atoms with van der Waals surface area (Å²) in [5.41, 5.74) is 1.27. The van der Waals surface area contributed by atoms with E-state index in [9.17, 15) is 5.11 Å². The molecule has 0 heterocycles. The Balaban J connectivity index is 1.63. The van der Waals surface area contributed by atoms with Crippen molar-refractivity contribution in [2.75, 3.05) is 7.11 Å². The summed E-state index contributed by atoms with van der Waals surface area (Å²) in [7, 11) is 1.86. The van der Waals surface area contributed by atoms with Crippen LogP contribution in [0.15, 0.2) is 11.6 Å². The van der Waals surface area contributed by atoms with Crippen LogP contribution in [0, 0.1) is 46.8 Å². The lowest BCUT2D eigenvalue weighted by molar-refractivity contribution is -0.0839. The zero-order chi connectivity index (χ0) is 18.7. The summed E-state index contributed by atoms with van der Waals surface area (Å²) < 4.78 is 5.68. The molecule has 0 aromatic heterocycles. The van der Waals surface area contributed by atoms with Crippen molar-refractivity contribution in [1.29, 1.82) is 0 Å². The lowest BCUT2D eigenvalue weighted by Gasteiger charge is -2.58. The minimum atomic E-state index is -0.966. The fraction of sp³-hybridized carbons (Fsp3) is 0.833. The van der Waals surface area contributed by atoms with E-state index in [1.807, 2.05) is 14.0 Å². The van der Waals surface area contributed by atoms with Crippen molar-refractivity contribution in [3.63, 3.8) is 0 Å². The number of hydrogen-bond donors (Lipinski definition) is 1. The summed E-state index contributed by atoms with van der Waals surface area (Å²) in [6, 6.07) is 0. The molecule has 0 aromatic carbocycles. The van der Waals surface area contributed by atoms with Gasteiger partial charge in [-0.1, -0.05) is 31.4 Å². The van der Waals surface area contributed by atoms with Crippen molar-refractivity contribution in [1.82, 2.24) is 0 Å². The molecule has 8 atom stereocenters. The second kappa shape index (κ2) is 6.11. The number of hydrogen-bond acceptors (Lipinski definition) is 2. The van der Waals surface area contributed by atoms with Crippen LogP contribution in [0.5, 0.6) is 0 Å². The van der Waals surface area contributed by atoms with Gasteiger partial charge in [-0.2, -0.15) is 0 Å². The average molecular weight is 357 g/mol. The minimum absolute atomic E-state index is 0.197. The van der Waals surface area contributed by atoms with E-state index in [1.54, 1.807) is 5.57 Å². The van der Waals surface area contributed by atoms with Crippen LogP contribution in [0.4, 0.5) is 0 Å². The van der Waals surface area contributed by atoms with Crippen LogP contribution in [0.1, 0.15) is 72.1 Å². The number of fused-ring (bicyclic) bond motifs is 5. The van der Waals surface area contributed by atoms with Crippen molar-refractivity contribution in [3.8, 4) is 12.3 Å². The fourth-order valence-corrected chi connectivity index (χ4v) is 7.85. The molecule has 4 unspecified atom stereocenters. The van der Waals surface area contributed by atoms with Gasteiger partial charge >= 0.3 is 0 Å². The van der Waals surface area contributed by atoms with Gasteiger partial charge in [0.05, 0.1) is 6.10 Å². The Kier molecular flexibility index (Phi) is 4.37. The van der Waals surface area contributed by atoms with Crippen LogP contribution in [0.25, 0.3) is 0 Å². The zero-order valence-electron chi connectivity index (χ0n) is 17.1. The molecule has 0 aliphatic heterocycles. The maximum atomic E-state index is 10.9. The highest BCUT2D eigenvalue weighted by molar-refractivity contribution is 5.26. The van der Waals surface area contributed by atoms with Crippen LogP contribution in [0.3, 0.4) is 0 Å². The van der Waals surface area contributed by atoms with Gasteiger partial charge in [0, 0.05) is 13.0 Å². The molecule has 0 saturated heterocycles. The Bertz CT molecular complexity index is 641. The van der Waals surface area contributed by atoms with Gasteiger partial charge in [-0.15, -0.1) is 6.42 Å². The Labute approximate surface area is 159 Å². The van der Waals surface area contributed by atoms with E-state index >= 15 is 0 Å². The molecule has 1 N–H and O–H groups in total. The molecule has 2 nitrogen and oxygen atoms in total. The first-order valence-corrected chi connectivity index (χ1v) is 10.7. The van der Waals surface area contributed by atoms with Crippen LogP contribution >= 0.6 is 0 Å². The smallest absolute Gasteiger partial charge is 0.125 e. The largest absolute Gasteiger partial charge is 0.381 e. The van der Waals surface area contributed by atoms with E-state index in [1.165, 1.54) is 38.5 Å². The number of methoxy groups -OCH3 is 1. The van der Waals surface area contributed by atoms with Gasteiger partial charge in [0.1, 0.15) is 5.60 Å². The summed E-state index contributed by atoms with van der Waals surface area (Å²) in [5.74, 6) is 5.22. The number of terminal acetylenes is 1. The van der Waals surface area contributed by atoms with Crippen molar-refractivity contribution in [2.45, 2.75) is 83.8 Å². The van der Waals surface area contributed by atoms with E-state index < -0.39 is 5.60 Å². The summed E-state index contributed by atoms with van der Waals surface area (Å²) in [6.07, 6.45) is 18.4. The van der Waals surface area contributed by atoms with E-state index in [0.29, 0.717) is 17.4 Å². The third-order valence-corrected chi connectivity index (χ3v) is 9.36. The number of rotatable bonds is 2. The molecule has 2 heteroatoms. The zero-order valence-corrected chi connectivity index (χ0v) is 17.1. The molecule has 26 heavy (non-hydrogen) atoms. The van der Waals surface area contributed by atoms with E-state index in [0.717, 1.165) is 24.7 Å². The topological polar surface area (TPSA) is 29.5 Å². The van der Waals surface area contributed by atoms with Gasteiger partial charge in [-0.3, -0.25) is 0 Å². The average Bonchev–Trinajstić information content (AvgIpc) is 2.99. The van der Waals surface area contributed by atoms with Crippen molar-refractivity contribution in [2.24, 2.45) is 34.5 Å². The Morgan fingerprint density at radius 3 is 2.65 bits per heavy atom. The fourth-order valence-electron chi connectivity index (χ4n) is 7.85. The molecule has 4 aliphatic rings. The first-order chi connectivity index (χ1) is 12.3. The second-order valence-corrected chi connectivity index (χ2v) is 10.3. The molecule has 0 amide bonds. The lowest BCUT2D eigenvalue weighted by Crippen LogP contribution is -2.52. The SMILES string of the molecule is C#CC(C)(O)[C@H]1CCC2C3CC=C4C[C@@H](OC)CC[C@]4(C)C3CC[C@@]21C. The normalized spacial score (nSPS) is 49.8. The van der Waals surface area contributed by atoms with Gasteiger partial charge in [-0.05, 0) is 86.9 Å². The monoisotopic (exact) mass is 356 g/mol. The molecule has 3 saturated carbocycles. The maximum Gasteiger partial charge on any atom is 0.125 e. The van der Waals surface area contributed by atoms with Crippen molar-refractivity contribution < 1.29 is 9.84 Å². The molecule has 3 fully saturated rings. The standard InChI is InChI=1S/C24H36O2/c1-6-24(4,25)21-10-9-19-18-8-7-16-15-17(26-5)11-13-22(16,2)20(18)12-14-23(19,21)3/h1,7,17-21,25H,8-15H2,2-5H3/t17-,18?,19?,20?,21-,22-,23-,24?/m0/s1. The van der Waals surface area contributed by atoms with Gasteiger partial charge < -0.3 is 9.84 Å². The van der Waals surface area contributed by atoms with E-state index in [2.05, 4.69) is 25.8 Å². The van der Waals surface area contributed by atoms with E-state index in [4.69, 9.17) is 11.2 Å². The van der Waals surface area contributed by atoms with E-state index in [-0.39, 0.29) is 11.3 Å². The highest BCUT2D eigenvalue weighted by atomic mass is 16.5. The molecular weight excluding hydrogens is 320 g/mol. The number of aliphatic hydroxyl groups is 1. The minimum Gasteiger partial charge on any atom is -0.381 e.